The Hall–Kier alpha value is -1.81. The number of benzene rings is 2. The van der Waals surface area contributed by atoms with Crippen molar-refractivity contribution in [1.29, 1.82) is 0 Å². The van der Waals surface area contributed by atoms with Crippen molar-refractivity contribution in [2.45, 2.75) is 13.0 Å². The molecular weight excluding hydrogens is 535 g/mol. The Morgan fingerprint density at radius 1 is 1.07 bits per heavy atom. The average molecular weight is 561 g/mol. The second-order valence-corrected chi connectivity index (χ2v) is 6.74. The van der Waals surface area contributed by atoms with Crippen LogP contribution in [0.4, 0.5) is 0 Å². The number of carbonyl (C=O) groups excluding carboxylic acids is 1. The molecule has 0 fully saturated rings. The van der Waals surface area contributed by atoms with Crippen molar-refractivity contribution in [3.05, 3.63) is 64.1 Å². The predicted molar refractivity (Wildman–Crippen MR) is 128 cm³/mol. The van der Waals surface area contributed by atoms with Crippen LogP contribution in [-0.4, -0.2) is 39.1 Å². The van der Waals surface area contributed by atoms with Crippen LogP contribution in [0.2, 0.25) is 0 Å². The molecule has 28 heavy (non-hydrogen) atoms. The minimum atomic E-state index is -0.0710. The Balaban J connectivity index is 0.00000392. The van der Waals surface area contributed by atoms with E-state index in [0.717, 1.165) is 28.2 Å². The fourth-order valence-electron chi connectivity index (χ4n) is 2.38. The third kappa shape index (κ3) is 8.47. The van der Waals surface area contributed by atoms with Crippen LogP contribution in [0, 0.1) is 0 Å². The lowest BCUT2D eigenvalue weighted by molar-refractivity contribution is 0.0953. The van der Waals surface area contributed by atoms with Gasteiger partial charge in [0, 0.05) is 36.7 Å². The van der Waals surface area contributed by atoms with Crippen molar-refractivity contribution in [2.24, 2.45) is 4.99 Å². The van der Waals surface area contributed by atoms with Gasteiger partial charge in [-0.05, 0) is 42.3 Å². The van der Waals surface area contributed by atoms with Gasteiger partial charge in [-0.15, -0.1) is 24.0 Å². The SMILES string of the molecule is CN=C(NCCCNC(=O)c1cccc(Br)c1)NCc1ccc(OC)cc1.I. The van der Waals surface area contributed by atoms with Crippen molar-refractivity contribution in [3.8, 4) is 5.75 Å². The monoisotopic (exact) mass is 560 g/mol. The summed E-state index contributed by atoms with van der Waals surface area (Å²) in [6.45, 7) is 1.97. The topological polar surface area (TPSA) is 74.8 Å². The van der Waals surface area contributed by atoms with Crippen LogP contribution >= 0.6 is 39.9 Å². The number of hydrogen-bond donors (Lipinski definition) is 3. The molecule has 8 heteroatoms. The van der Waals surface area contributed by atoms with Crippen LogP contribution in [-0.2, 0) is 6.54 Å². The zero-order valence-corrected chi connectivity index (χ0v) is 19.9. The third-order valence-electron chi connectivity index (χ3n) is 3.86. The number of nitrogens with one attached hydrogen (secondary N) is 3. The van der Waals surface area contributed by atoms with Crippen molar-refractivity contribution in [2.75, 3.05) is 27.2 Å². The molecule has 0 aliphatic carbocycles. The number of aliphatic imine (C=N–C) groups is 1. The third-order valence-corrected chi connectivity index (χ3v) is 4.35. The smallest absolute Gasteiger partial charge is 0.251 e. The molecule has 0 spiro atoms. The Morgan fingerprint density at radius 3 is 2.43 bits per heavy atom. The van der Waals surface area contributed by atoms with Crippen LogP contribution < -0.4 is 20.7 Å². The van der Waals surface area contributed by atoms with E-state index in [9.17, 15) is 4.79 Å². The van der Waals surface area contributed by atoms with E-state index in [1.54, 1.807) is 26.3 Å². The number of methoxy groups -OCH3 is 1. The Labute approximate surface area is 191 Å². The fourth-order valence-corrected chi connectivity index (χ4v) is 2.78. The van der Waals surface area contributed by atoms with Gasteiger partial charge in [-0.1, -0.05) is 34.1 Å². The van der Waals surface area contributed by atoms with Crippen molar-refractivity contribution >= 4 is 51.8 Å². The summed E-state index contributed by atoms with van der Waals surface area (Å²) < 4.78 is 6.05. The normalized spacial score (nSPS) is 10.6. The Bertz CT molecular complexity index is 769. The first-order chi connectivity index (χ1) is 13.1. The number of rotatable bonds is 8. The maximum Gasteiger partial charge on any atom is 0.251 e. The number of carbonyl (C=O) groups is 1. The lowest BCUT2D eigenvalue weighted by Gasteiger charge is -2.12. The van der Waals surface area contributed by atoms with Crippen LogP contribution in [0.1, 0.15) is 22.3 Å². The molecule has 0 heterocycles. The van der Waals surface area contributed by atoms with Crippen molar-refractivity contribution in [1.82, 2.24) is 16.0 Å². The van der Waals surface area contributed by atoms with Gasteiger partial charge in [-0.3, -0.25) is 9.79 Å². The zero-order valence-electron chi connectivity index (χ0n) is 16.0. The van der Waals surface area contributed by atoms with Crippen LogP contribution in [0.25, 0.3) is 0 Å². The summed E-state index contributed by atoms with van der Waals surface area (Å²) in [7, 11) is 3.39. The number of amides is 1. The summed E-state index contributed by atoms with van der Waals surface area (Å²) in [5.74, 6) is 1.49. The molecule has 6 nitrogen and oxygen atoms in total. The number of ether oxygens (including phenoxy) is 1. The van der Waals surface area contributed by atoms with Gasteiger partial charge in [-0.25, -0.2) is 0 Å². The molecule has 0 radical (unpaired) electrons. The molecule has 0 unspecified atom stereocenters. The molecule has 1 amide bonds. The maximum absolute atomic E-state index is 12.1. The van der Waals surface area contributed by atoms with E-state index in [0.29, 0.717) is 25.2 Å². The predicted octanol–water partition coefficient (Wildman–Crippen LogP) is 3.56. The number of hydrogen-bond acceptors (Lipinski definition) is 3. The van der Waals surface area contributed by atoms with E-state index in [1.807, 2.05) is 36.4 Å². The summed E-state index contributed by atoms with van der Waals surface area (Å²) in [6.07, 6.45) is 0.795. The summed E-state index contributed by atoms with van der Waals surface area (Å²) in [5.41, 5.74) is 1.79. The maximum atomic E-state index is 12.1. The molecule has 0 aliphatic heterocycles. The number of nitrogens with zero attached hydrogens (tertiary/aromatic N) is 1. The van der Waals surface area contributed by atoms with Gasteiger partial charge in [0.1, 0.15) is 5.75 Å². The molecular formula is C20H26BrIN4O2. The van der Waals surface area contributed by atoms with E-state index in [-0.39, 0.29) is 29.9 Å². The van der Waals surface area contributed by atoms with Crippen LogP contribution in [0.3, 0.4) is 0 Å². The molecule has 2 rings (SSSR count). The first-order valence-corrected chi connectivity index (χ1v) is 9.53. The summed E-state index contributed by atoms with van der Waals surface area (Å²) in [6, 6.07) is 15.2. The highest BCUT2D eigenvalue weighted by Gasteiger charge is 2.05. The highest BCUT2D eigenvalue weighted by Crippen LogP contribution is 2.11. The average Bonchev–Trinajstić information content (AvgIpc) is 2.70. The van der Waals surface area contributed by atoms with E-state index >= 15 is 0 Å². The highest BCUT2D eigenvalue weighted by molar-refractivity contribution is 14.0. The van der Waals surface area contributed by atoms with Gasteiger partial charge >= 0.3 is 0 Å². The summed E-state index contributed by atoms with van der Waals surface area (Å²) in [4.78, 5) is 16.3. The molecule has 0 saturated carbocycles. The fraction of sp³-hybridized carbons (Fsp3) is 0.300. The van der Waals surface area contributed by atoms with Gasteiger partial charge in [0.05, 0.1) is 7.11 Å². The van der Waals surface area contributed by atoms with Crippen LogP contribution in [0.5, 0.6) is 5.75 Å². The molecule has 2 aromatic carbocycles. The standard InChI is InChI=1S/C20H25BrN4O2.HI/c1-22-20(25-14-15-7-9-18(27-2)10-8-15)24-12-4-11-23-19(26)16-5-3-6-17(21)13-16;/h3,5-10,13H,4,11-12,14H2,1-2H3,(H,23,26)(H2,22,24,25);1H. The molecule has 0 atom stereocenters. The van der Waals surface area contributed by atoms with Gasteiger partial charge < -0.3 is 20.7 Å². The van der Waals surface area contributed by atoms with E-state index < -0.39 is 0 Å². The van der Waals surface area contributed by atoms with Gasteiger partial charge in [0.15, 0.2) is 5.96 Å². The minimum absolute atomic E-state index is 0. The lowest BCUT2D eigenvalue weighted by atomic mass is 10.2. The van der Waals surface area contributed by atoms with E-state index in [2.05, 4.69) is 36.9 Å². The Morgan fingerprint density at radius 2 is 1.79 bits per heavy atom. The first-order valence-electron chi connectivity index (χ1n) is 8.73. The molecule has 152 valence electrons. The molecule has 3 N–H and O–H groups in total. The molecule has 2 aromatic rings. The quantitative estimate of drug-likeness (QED) is 0.200. The van der Waals surface area contributed by atoms with E-state index in [1.165, 1.54) is 0 Å². The molecule has 0 aliphatic rings. The summed E-state index contributed by atoms with van der Waals surface area (Å²) in [5, 5.41) is 9.42. The van der Waals surface area contributed by atoms with Crippen molar-refractivity contribution < 1.29 is 9.53 Å². The first kappa shape index (κ1) is 24.2. The largest absolute Gasteiger partial charge is 0.497 e. The van der Waals surface area contributed by atoms with E-state index in [4.69, 9.17) is 4.74 Å². The zero-order chi connectivity index (χ0) is 19.5. The molecule has 0 saturated heterocycles. The van der Waals surface area contributed by atoms with Gasteiger partial charge in [0.25, 0.3) is 5.91 Å². The van der Waals surface area contributed by atoms with Gasteiger partial charge in [-0.2, -0.15) is 0 Å². The number of halogens is 2. The lowest BCUT2D eigenvalue weighted by Crippen LogP contribution is -2.38. The Kier molecular flexibility index (Phi) is 11.6. The highest BCUT2D eigenvalue weighted by atomic mass is 127. The second kappa shape index (κ2) is 13.4. The minimum Gasteiger partial charge on any atom is -0.497 e. The summed E-state index contributed by atoms with van der Waals surface area (Å²) >= 11 is 3.37. The molecule has 0 aromatic heterocycles. The second-order valence-electron chi connectivity index (χ2n) is 5.82. The molecule has 0 bridgehead atoms. The van der Waals surface area contributed by atoms with Crippen molar-refractivity contribution in [3.63, 3.8) is 0 Å². The number of guanidine groups is 1. The van der Waals surface area contributed by atoms with Crippen LogP contribution in [0.15, 0.2) is 58.0 Å². The van der Waals surface area contributed by atoms with Gasteiger partial charge in [0.2, 0.25) is 0 Å².